The van der Waals surface area contributed by atoms with Gasteiger partial charge in [0.2, 0.25) is 0 Å². The molecule has 1 aliphatic carbocycles. The molecule has 3 heteroatoms. The van der Waals surface area contributed by atoms with Crippen molar-refractivity contribution in [2.45, 2.75) is 31.3 Å². The van der Waals surface area contributed by atoms with Gasteiger partial charge in [-0.2, -0.15) is 0 Å². The smallest absolute Gasteiger partial charge is 0.124 e. The van der Waals surface area contributed by atoms with Gasteiger partial charge in [0.1, 0.15) is 11.9 Å². The van der Waals surface area contributed by atoms with Gasteiger partial charge in [-0.05, 0) is 53.6 Å². The van der Waals surface area contributed by atoms with E-state index in [1.807, 2.05) is 12.1 Å². The van der Waals surface area contributed by atoms with Gasteiger partial charge >= 0.3 is 0 Å². The maximum absolute atomic E-state index is 13.4. The van der Waals surface area contributed by atoms with Crippen molar-refractivity contribution in [3.63, 3.8) is 0 Å². The van der Waals surface area contributed by atoms with Crippen LogP contribution in [0, 0.1) is 5.82 Å². The third-order valence-corrected chi connectivity index (χ3v) is 4.49. The lowest BCUT2D eigenvalue weighted by Crippen LogP contribution is -2.09. The van der Waals surface area contributed by atoms with Crippen LogP contribution in [0.3, 0.4) is 0 Å². The van der Waals surface area contributed by atoms with Crippen molar-refractivity contribution < 1.29 is 9.50 Å². The van der Waals surface area contributed by atoms with Crippen molar-refractivity contribution in [2.75, 3.05) is 0 Å². The van der Waals surface area contributed by atoms with Gasteiger partial charge in [-0.15, -0.1) is 0 Å². The molecule has 1 nitrogen and oxygen atoms in total. The lowest BCUT2D eigenvalue weighted by molar-refractivity contribution is 0.219. The summed E-state index contributed by atoms with van der Waals surface area (Å²) in [6, 6.07) is 12.5. The van der Waals surface area contributed by atoms with Crippen LogP contribution in [0.5, 0.6) is 0 Å². The largest absolute Gasteiger partial charge is 0.384 e. The van der Waals surface area contributed by atoms with Crippen molar-refractivity contribution in [3.05, 3.63) is 69.4 Å². The summed E-state index contributed by atoms with van der Waals surface area (Å²) in [5.74, 6) is 0.337. The van der Waals surface area contributed by atoms with Crippen molar-refractivity contribution >= 4 is 15.9 Å². The molecule has 0 spiro atoms. The third kappa shape index (κ3) is 2.79. The fourth-order valence-electron chi connectivity index (χ4n) is 2.62. The summed E-state index contributed by atoms with van der Waals surface area (Å²) >= 11 is 3.25. The maximum Gasteiger partial charge on any atom is 0.124 e. The number of halogens is 2. The summed E-state index contributed by atoms with van der Waals surface area (Å²) in [6.07, 6.45) is 3.04. The molecule has 0 aliphatic heterocycles. The first-order valence-corrected chi connectivity index (χ1v) is 7.67. The van der Waals surface area contributed by atoms with Crippen molar-refractivity contribution in [2.24, 2.45) is 0 Å². The zero-order valence-electron chi connectivity index (χ0n) is 11.0. The van der Waals surface area contributed by atoms with Gasteiger partial charge < -0.3 is 5.11 Å². The van der Waals surface area contributed by atoms with Crippen LogP contribution in [-0.4, -0.2) is 5.11 Å². The molecule has 2 aromatic carbocycles. The van der Waals surface area contributed by atoms with Gasteiger partial charge in [0.15, 0.2) is 0 Å². The lowest BCUT2D eigenvalue weighted by atomic mass is 9.80. The van der Waals surface area contributed by atoms with Crippen molar-refractivity contribution in [1.29, 1.82) is 0 Å². The second kappa shape index (κ2) is 5.66. The molecule has 0 aromatic heterocycles. The van der Waals surface area contributed by atoms with E-state index >= 15 is 0 Å². The van der Waals surface area contributed by atoms with E-state index in [1.54, 1.807) is 6.07 Å². The highest BCUT2D eigenvalue weighted by atomic mass is 79.9. The number of hydrogen-bond donors (Lipinski definition) is 1. The van der Waals surface area contributed by atoms with Gasteiger partial charge in [0, 0.05) is 4.47 Å². The predicted octanol–water partition coefficient (Wildman–Crippen LogP) is 4.94. The van der Waals surface area contributed by atoms with Gasteiger partial charge in [0.25, 0.3) is 0 Å². The van der Waals surface area contributed by atoms with Crippen LogP contribution in [0.25, 0.3) is 0 Å². The molecule has 20 heavy (non-hydrogen) atoms. The fourth-order valence-corrected chi connectivity index (χ4v) is 3.10. The molecule has 0 heterocycles. The Morgan fingerprint density at radius 2 is 1.75 bits per heavy atom. The van der Waals surface area contributed by atoms with Gasteiger partial charge in [-0.25, -0.2) is 4.39 Å². The molecule has 1 atom stereocenters. The summed E-state index contributed by atoms with van der Waals surface area (Å²) in [5, 5.41) is 10.4. The first kappa shape index (κ1) is 13.8. The SMILES string of the molecule is OC(c1ccc(C2CCC2)cc1)c1cc(F)cc(Br)c1. The molecule has 1 fully saturated rings. The Balaban J connectivity index is 1.83. The predicted molar refractivity (Wildman–Crippen MR) is 81.2 cm³/mol. The highest BCUT2D eigenvalue weighted by Gasteiger charge is 2.20. The summed E-state index contributed by atoms with van der Waals surface area (Å²) in [5.41, 5.74) is 2.70. The van der Waals surface area contributed by atoms with Crippen LogP contribution < -0.4 is 0 Å². The first-order chi connectivity index (χ1) is 9.63. The zero-order valence-corrected chi connectivity index (χ0v) is 12.6. The molecule has 3 rings (SSSR count). The Morgan fingerprint density at radius 1 is 1.05 bits per heavy atom. The summed E-state index contributed by atoms with van der Waals surface area (Å²) < 4.78 is 14.0. The topological polar surface area (TPSA) is 20.2 Å². The molecule has 0 amide bonds. The quantitative estimate of drug-likeness (QED) is 0.843. The number of rotatable bonds is 3. The summed E-state index contributed by atoms with van der Waals surface area (Å²) in [6.45, 7) is 0. The second-order valence-electron chi connectivity index (χ2n) is 5.40. The molecule has 1 aliphatic rings. The number of aliphatic hydroxyl groups excluding tert-OH is 1. The van der Waals surface area contributed by atoms with Crippen LogP contribution >= 0.6 is 15.9 Å². The van der Waals surface area contributed by atoms with E-state index in [9.17, 15) is 9.50 Å². The fraction of sp³-hybridized carbons (Fsp3) is 0.294. The standard InChI is InChI=1S/C17H16BrFO/c18-15-8-14(9-16(19)10-15)17(20)13-6-4-12(5-7-13)11-2-1-3-11/h4-11,17,20H,1-3H2. The summed E-state index contributed by atoms with van der Waals surface area (Å²) in [4.78, 5) is 0. The van der Waals surface area contributed by atoms with Crippen LogP contribution in [0.15, 0.2) is 46.9 Å². The molecule has 0 radical (unpaired) electrons. The van der Waals surface area contributed by atoms with E-state index in [0.29, 0.717) is 16.0 Å². The van der Waals surface area contributed by atoms with Crippen LogP contribution in [-0.2, 0) is 0 Å². The molecule has 1 N–H and O–H groups in total. The Morgan fingerprint density at radius 3 is 2.30 bits per heavy atom. The Hall–Kier alpha value is -1.19. The maximum atomic E-state index is 13.4. The van der Waals surface area contributed by atoms with E-state index in [4.69, 9.17) is 0 Å². The minimum absolute atomic E-state index is 0.348. The molecule has 0 bridgehead atoms. The average Bonchev–Trinajstić information content (AvgIpc) is 2.35. The van der Waals surface area contributed by atoms with Gasteiger partial charge in [0.05, 0.1) is 0 Å². The minimum Gasteiger partial charge on any atom is -0.384 e. The van der Waals surface area contributed by atoms with Crippen molar-refractivity contribution in [3.8, 4) is 0 Å². The van der Waals surface area contributed by atoms with E-state index in [-0.39, 0.29) is 5.82 Å². The number of hydrogen-bond acceptors (Lipinski definition) is 1. The highest BCUT2D eigenvalue weighted by molar-refractivity contribution is 9.10. The summed E-state index contributed by atoms with van der Waals surface area (Å²) in [7, 11) is 0. The van der Waals surface area contributed by atoms with E-state index in [0.717, 1.165) is 5.56 Å². The highest BCUT2D eigenvalue weighted by Crippen LogP contribution is 2.37. The Labute approximate surface area is 126 Å². The molecule has 1 saturated carbocycles. The van der Waals surface area contributed by atoms with Crippen molar-refractivity contribution in [1.82, 2.24) is 0 Å². The van der Waals surface area contributed by atoms with E-state index in [1.165, 1.54) is 37.0 Å². The zero-order chi connectivity index (χ0) is 14.1. The molecule has 104 valence electrons. The Bertz CT molecular complexity index is 585. The van der Waals surface area contributed by atoms with Crippen LogP contribution in [0.1, 0.15) is 48.0 Å². The Kier molecular flexibility index (Phi) is 3.90. The third-order valence-electron chi connectivity index (χ3n) is 4.03. The molecule has 1 unspecified atom stereocenters. The monoisotopic (exact) mass is 334 g/mol. The van der Waals surface area contributed by atoms with Crippen LogP contribution in [0.2, 0.25) is 0 Å². The number of benzene rings is 2. The van der Waals surface area contributed by atoms with Crippen LogP contribution in [0.4, 0.5) is 4.39 Å². The normalized spacial score (nSPS) is 16.8. The van der Waals surface area contributed by atoms with E-state index in [2.05, 4.69) is 28.1 Å². The molecule has 2 aromatic rings. The molecular formula is C17H16BrFO. The van der Waals surface area contributed by atoms with Gasteiger partial charge in [-0.1, -0.05) is 46.6 Å². The lowest BCUT2D eigenvalue weighted by Gasteiger charge is -2.26. The molecular weight excluding hydrogens is 319 g/mol. The first-order valence-electron chi connectivity index (χ1n) is 6.87. The number of aliphatic hydroxyl groups is 1. The van der Waals surface area contributed by atoms with E-state index < -0.39 is 6.10 Å². The second-order valence-corrected chi connectivity index (χ2v) is 6.32. The minimum atomic E-state index is -0.794. The van der Waals surface area contributed by atoms with Gasteiger partial charge in [-0.3, -0.25) is 0 Å². The average molecular weight is 335 g/mol. The molecule has 0 saturated heterocycles.